The van der Waals surface area contributed by atoms with Crippen LogP contribution in [-0.2, 0) is 0 Å². The van der Waals surface area contributed by atoms with Crippen LogP contribution in [0, 0.1) is 0 Å². The van der Waals surface area contributed by atoms with E-state index < -0.39 is 5.97 Å². The summed E-state index contributed by atoms with van der Waals surface area (Å²) in [6, 6.07) is 8.19. The summed E-state index contributed by atoms with van der Waals surface area (Å²) in [5, 5.41) is 11.7. The predicted molar refractivity (Wildman–Crippen MR) is 70.0 cm³/mol. The zero-order chi connectivity index (χ0) is 13.8. The zero-order valence-electron chi connectivity index (χ0n) is 10.3. The van der Waals surface area contributed by atoms with E-state index in [4.69, 9.17) is 5.11 Å². The average Bonchev–Trinajstić information content (AvgIpc) is 2.46. The summed E-state index contributed by atoms with van der Waals surface area (Å²) in [5.41, 5.74) is 1.76. The third-order valence-corrected chi connectivity index (χ3v) is 2.71. The monoisotopic (exact) mass is 256 g/mol. The summed E-state index contributed by atoms with van der Waals surface area (Å²) < 4.78 is 0. The molecule has 5 heteroatoms. The van der Waals surface area contributed by atoms with Crippen LogP contribution in [0.2, 0.25) is 0 Å². The molecule has 0 saturated heterocycles. The summed E-state index contributed by atoms with van der Waals surface area (Å²) in [4.78, 5) is 26.7. The van der Waals surface area contributed by atoms with Gasteiger partial charge in [0.05, 0.1) is 5.56 Å². The topological polar surface area (TPSA) is 79.3 Å². The van der Waals surface area contributed by atoms with Gasteiger partial charge in [-0.3, -0.25) is 9.78 Å². The van der Waals surface area contributed by atoms with E-state index in [0.29, 0.717) is 16.7 Å². The molecule has 2 N–H and O–H groups in total. The fraction of sp³-hybridized carbons (Fsp3) is 0.0714. The molecule has 2 aromatic rings. The number of benzene rings is 1. The number of carboxylic acids is 1. The van der Waals surface area contributed by atoms with E-state index in [0.717, 1.165) is 0 Å². The van der Waals surface area contributed by atoms with Crippen LogP contribution in [0.25, 0.3) is 11.1 Å². The molecule has 19 heavy (non-hydrogen) atoms. The molecule has 1 heterocycles. The Labute approximate surface area is 109 Å². The second kappa shape index (κ2) is 5.30. The minimum absolute atomic E-state index is 0.157. The van der Waals surface area contributed by atoms with Crippen molar-refractivity contribution in [1.29, 1.82) is 0 Å². The molecular formula is C14H12N2O3. The van der Waals surface area contributed by atoms with Gasteiger partial charge in [0.2, 0.25) is 0 Å². The van der Waals surface area contributed by atoms with Crippen molar-refractivity contribution in [2.24, 2.45) is 0 Å². The lowest BCUT2D eigenvalue weighted by molar-refractivity contribution is 0.0697. The molecule has 0 aliphatic rings. The molecule has 1 aromatic carbocycles. The van der Waals surface area contributed by atoms with Gasteiger partial charge in [0.1, 0.15) is 0 Å². The maximum Gasteiger partial charge on any atom is 0.336 e. The summed E-state index contributed by atoms with van der Waals surface area (Å²) in [6.07, 6.45) is 2.90. The first kappa shape index (κ1) is 12.8. The fourth-order valence-corrected chi connectivity index (χ4v) is 1.78. The summed E-state index contributed by atoms with van der Waals surface area (Å²) in [5.74, 6) is -1.25. The van der Waals surface area contributed by atoms with Crippen molar-refractivity contribution in [2.45, 2.75) is 0 Å². The van der Waals surface area contributed by atoms with Crippen LogP contribution in [0.3, 0.4) is 0 Å². The van der Waals surface area contributed by atoms with Crippen LogP contribution < -0.4 is 5.32 Å². The number of nitrogens with one attached hydrogen (secondary N) is 1. The minimum Gasteiger partial charge on any atom is -0.478 e. The highest BCUT2D eigenvalue weighted by atomic mass is 16.4. The first-order chi connectivity index (χ1) is 9.13. The molecular weight excluding hydrogens is 244 g/mol. The zero-order valence-corrected chi connectivity index (χ0v) is 10.3. The van der Waals surface area contributed by atoms with E-state index in [2.05, 4.69) is 10.3 Å². The quantitative estimate of drug-likeness (QED) is 0.877. The van der Waals surface area contributed by atoms with E-state index >= 15 is 0 Å². The SMILES string of the molecule is CNC(=O)c1cccc(-c2cnccc2C(=O)O)c1. The number of carbonyl (C=O) groups is 2. The van der Waals surface area contributed by atoms with Gasteiger partial charge in [0.25, 0.3) is 5.91 Å². The van der Waals surface area contributed by atoms with Gasteiger partial charge >= 0.3 is 5.97 Å². The second-order valence-corrected chi connectivity index (χ2v) is 3.89. The Hall–Kier alpha value is -2.69. The van der Waals surface area contributed by atoms with Gasteiger partial charge in [-0.05, 0) is 23.8 Å². The van der Waals surface area contributed by atoms with E-state index in [1.807, 2.05) is 0 Å². The molecule has 0 bridgehead atoms. The third kappa shape index (κ3) is 2.60. The van der Waals surface area contributed by atoms with Crippen LogP contribution in [0.4, 0.5) is 0 Å². The van der Waals surface area contributed by atoms with Crippen molar-refractivity contribution in [3.8, 4) is 11.1 Å². The predicted octanol–water partition coefficient (Wildman–Crippen LogP) is 1.81. The van der Waals surface area contributed by atoms with Gasteiger partial charge in [0.15, 0.2) is 0 Å². The van der Waals surface area contributed by atoms with Gasteiger partial charge in [-0.25, -0.2) is 4.79 Å². The summed E-state index contributed by atoms with van der Waals surface area (Å²) in [7, 11) is 1.54. The molecule has 0 unspecified atom stereocenters. The molecule has 1 amide bonds. The van der Waals surface area contributed by atoms with E-state index in [9.17, 15) is 9.59 Å². The number of aromatic nitrogens is 1. The van der Waals surface area contributed by atoms with Gasteiger partial charge < -0.3 is 10.4 Å². The van der Waals surface area contributed by atoms with Crippen LogP contribution in [0.1, 0.15) is 20.7 Å². The fourth-order valence-electron chi connectivity index (χ4n) is 1.78. The van der Waals surface area contributed by atoms with E-state index in [1.165, 1.54) is 18.5 Å². The van der Waals surface area contributed by atoms with Gasteiger partial charge in [-0.2, -0.15) is 0 Å². The van der Waals surface area contributed by atoms with E-state index in [1.54, 1.807) is 31.3 Å². The Morgan fingerprint density at radius 3 is 2.74 bits per heavy atom. The number of hydrogen-bond donors (Lipinski definition) is 2. The van der Waals surface area contributed by atoms with Crippen molar-refractivity contribution < 1.29 is 14.7 Å². The number of rotatable bonds is 3. The first-order valence-corrected chi connectivity index (χ1v) is 5.63. The number of amides is 1. The summed E-state index contributed by atoms with van der Waals surface area (Å²) >= 11 is 0. The lowest BCUT2D eigenvalue weighted by Crippen LogP contribution is -2.17. The number of pyridine rings is 1. The van der Waals surface area contributed by atoms with Crippen molar-refractivity contribution in [3.05, 3.63) is 53.9 Å². The first-order valence-electron chi connectivity index (χ1n) is 5.63. The number of carbonyl (C=O) groups excluding carboxylic acids is 1. The van der Waals surface area contributed by atoms with Crippen LogP contribution in [0.15, 0.2) is 42.7 Å². The molecule has 2 rings (SSSR count). The molecule has 5 nitrogen and oxygen atoms in total. The molecule has 96 valence electrons. The maximum absolute atomic E-state index is 11.6. The molecule has 0 radical (unpaired) electrons. The number of hydrogen-bond acceptors (Lipinski definition) is 3. The third-order valence-electron chi connectivity index (χ3n) is 2.71. The molecule has 1 aromatic heterocycles. The maximum atomic E-state index is 11.6. The van der Waals surface area contributed by atoms with E-state index in [-0.39, 0.29) is 11.5 Å². The van der Waals surface area contributed by atoms with Crippen molar-refractivity contribution in [3.63, 3.8) is 0 Å². The van der Waals surface area contributed by atoms with Crippen molar-refractivity contribution in [1.82, 2.24) is 10.3 Å². The lowest BCUT2D eigenvalue weighted by atomic mass is 10.00. The highest BCUT2D eigenvalue weighted by Crippen LogP contribution is 2.23. The minimum atomic E-state index is -1.03. The Balaban J connectivity index is 2.54. The molecule has 0 aliphatic heterocycles. The second-order valence-electron chi connectivity index (χ2n) is 3.89. The highest BCUT2D eigenvalue weighted by molar-refractivity contribution is 5.98. The Bertz CT molecular complexity index is 638. The van der Waals surface area contributed by atoms with Crippen molar-refractivity contribution >= 4 is 11.9 Å². The standard InChI is InChI=1S/C14H12N2O3/c1-15-13(17)10-4-2-3-9(7-10)12-8-16-6-5-11(12)14(18)19/h2-8H,1H3,(H,15,17)(H,18,19). The Kier molecular flexibility index (Phi) is 3.56. The van der Waals surface area contributed by atoms with Crippen LogP contribution in [-0.4, -0.2) is 29.0 Å². The smallest absolute Gasteiger partial charge is 0.336 e. The molecule has 0 saturated carbocycles. The lowest BCUT2D eigenvalue weighted by Gasteiger charge is -2.07. The summed E-state index contributed by atoms with van der Waals surface area (Å²) in [6.45, 7) is 0. The molecule has 0 atom stereocenters. The number of nitrogens with zero attached hydrogens (tertiary/aromatic N) is 1. The number of carboxylic acid groups (broad SMARTS) is 1. The van der Waals surface area contributed by atoms with Crippen LogP contribution >= 0.6 is 0 Å². The van der Waals surface area contributed by atoms with Crippen molar-refractivity contribution in [2.75, 3.05) is 7.05 Å². The van der Waals surface area contributed by atoms with Gasteiger partial charge in [0, 0.05) is 30.6 Å². The van der Waals surface area contributed by atoms with Gasteiger partial charge in [-0.15, -0.1) is 0 Å². The van der Waals surface area contributed by atoms with Crippen LogP contribution in [0.5, 0.6) is 0 Å². The largest absolute Gasteiger partial charge is 0.478 e. The Morgan fingerprint density at radius 1 is 1.26 bits per heavy atom. The highest BCUT2D eigenvalue weighted by Gasteiger charge is 2.12. The number of aromatic carboxylic acids is 1. The average molecular weight is 256 g/mol. The molecule has 0 aliphatic carbocycles. The Morgan fingerprint density at radius 2 is 2.05 bits per heavy atom. The molecule has 0 spiro atoms. The molecule has 0 fully saturated rings. The van der Waals surface area contributed by atoms with Gasteiger partial charge in [-0.1, -0.05) is 12.1 Å². The normalized spacial score (nSPS) is 9.95.